The lowest BCUT2D eigenvalue weighted by Gasteiger charge is -2.16. The summed E-state index contributed by atoms with van der Waals surface area (Å²) < 4.78 is 0. The van der Waals surface area contributed by atoms with Gasteiger partial charge in [0.25, 0.3) is 0 Å². The number of nitrogens with one attached hydrogen (secondary N) is 1. The predicted molar refractivity (Wildman–Crippen MR) is 85.8 cm³/mol. The first-order valence-corrected chi connectivity index (χ1v) is 6.92. The van der Waals surface area contributed by atoms with Crippen LogP contribution in [0.2, 0.25) is 0 Å². The van der Waals surface area contributed by atoms with Crippen LogP contribution in [0.25, 0.3) is 5.57 Å². The minimum Gasteiger partial charge on any atom is -0.394 e. The molecule has 0 bridgehead atoms. The molecule has 0 fully saturated rings. The fraction of sp³-hybridized carbons (Fsp3) is 0.333. The summed E-state index contributed by atoms with van der Waals surface area (Å²) in [5.74, 6) is 0.486. The van der Waals surface area contributed by atoms with Gasteiger partial charge in [-0.1, -0.05) is 63.8 Å². The molecule has 0 heterocycles. The summed E-state index contributed by atoms with van der Waals surface area (Å²) in [6.07, 6.45) is 5.32. The van der Waals surface area contributed by atoms with Crippen molar-refractivity contribution in [3.8, 4) is 0 Å². The Morgan fingerprint density at radius 1 is 1.26 bits per heavy atom. The third-order valence-electron chi connectivity index (χ3n) is 3.17. The lowest BCUT2D eigenvalue weighted by Crippen LogP contribution is -2.03. The smallest absolute Gasteiger partial charge is 0.00278 e. The number of allylic oxidation sites excluding steroid dienone is 4. The molecule has 0 radical (unpaired) electrons. The average Bonchev–Trinajstić information content (AvgIpc) is 2.43. The zero-order chi connectivity index (χ0) is 14.3. The SMILES string of the molecule is C=C(/C=C(\C(=C/NC)CC)C(C)C)c1ccccc1. The van der Waals surface area contributed by atoms with Crippen LogP contribution in [0.15, 0.2) is 60.3 Å². The molecule has 0 saturated carbocycles. The van der Waals surface area contributed by atoms with Crippen molar-refractivity contribution in [2.24, 2.45) is 5.92 Å². The van der Waals surface area contributed by atoms with Gasteiger partial charge < -0.3 is 5.32 Å². The highest BCUT2D eigenvalue weighted by Crippen LogP contribution is 2.26. The normalized spacial score (nSPS) is 12.7. The lowest BCUT2D eigenvalue weighted by atomic mass is 9.91. The van der Waals surface area contributed by atoms with Gasteiger partial charge in [0.05, 0.1) is 0 Å². The van der Waals surface area contributed by atoms with Gasteiger partial charge >= 0.3 is 0 Å². The molecule has 0 unspecified atom stereocenters. The van der Waals surface area contributed by atoms with Crippen molar-refractivity contribution in [1.29, 1.82) is 0 Å². The molecule has 0 aromatic heterocycles. The number of rotatable bonds is 6. The molecule has 0 aliphatic carbocycles. The highest BCUT2D eigenvalue weighted by atomic mass is 14.8. The van der Waals surface area contributed by atoms with Crippen molar-refractivity contribution in [2.45, 2.75) is 27.2 Å². The number of hydrogen-bond donors (Lipinski definition) is 1. The molecule has 0 aliphatic heterocycles. The fourth-order valence-electron chi connectivity index (χ4n) is 2.12. The zero-order valence-corrected chi connectivity index (χ0v) is 12.5. The van der Waals surface area contributed by atoms with E-state index in [2.05, 4.69) is 57.1 Å². The van der Waals surface area contributed by atoms with E-state index in [1.807, 2.05) is 25.2 Å². The highest BCUT2D eigenvalue weighted by Gasteiger charge is 2.09. The van der Waals surface area contributed by atoms with E-state index in [0.717, 1.165) is 12.0 Å². The maximum absolute atomic E-state index is 4.20. The molecule has 19 heavy (non-hydrogen) atoms. The second-order valence-corrected chi connectivity index (χ2v) is 4.96. The van der Waals surface area contributed by atoms with Crippen LogP contribution in [0.5, 0.6) is 0 Å². The summed E-state index contributed by atoms with van der Waals surface area (Å²) in [5.41, 5.74) is 4.94. The van der Waals surface area contributed by atoms with Crippen molar-refractivity contribution in [1.82, 2.24) is 5.32 Å². The quantitative estimate of drug-likeness (QED) is 0.720. The van der Waals surface area contributed by atoms with Crippen LogP contribution in [0, 0.1) is 5.92 Å². The summed E-state index contributed by atoms with van der Waals surface area (Å²) in [4.78, 5) is 0. The molecule has 0 saturated heterocycles. The Balaban J connectivity index is 3.09. The molecular formula is C18H25N. The Morgan fingerprint density at radius 2 is 1.89 bits per heavy atom. The van der Waals surface area contributed by atoms with Gasteiger partial charge in [-0.05, 0) is 40.8 Å². The Bertz CT molecular complexity index is 464. The third-order valence-corrected chi connectivity index (χ3v) is 3.17. The molecule has 0 aliphatic rings. The van der Waals surface area contributed by atoms with Crippen molar-refractivity contribution >= 4 is 5.57 Å². The van der Waals surface area contributed by atoms with Crippen molar-refractivity contribution in [3.63, 3.8) is 0 Å². The molecule has 1 rings (SSSR count). The molecule has 102 valence electrons. The van der Waals surface area contributed by atoms with Gasteiger partial charge in [0.1, 0.15) is 0 Å². The molecule has 1 aromatic carbocycles. The van der Waals surface area contributed by atoms with Gasteiger partial charge in [0, 0.05) is 7.05 Å². The van der Waals surface area contributed by atoms with Gasteiger partial charge in [-0.3, -0.25) is 0 Å². The molecule has 0 spiro atoms. The predicted octanol–water partition coefficient (Wildman–Crippen LogP) is 4.80. The molecule has 0 amide bonds. The summed E-state index contributed by atoms with van der Waals surface area (Å²) in [7, 11) is 1.94. The van der Waals surface area contributed by atoms with Crippen LogP contribution in [-0.4, -0.2) is 7.05 Å². The van der Waals surface area contributed by atoms with E-state index in [0.29, 0.717) is 5.92 Å². The monoisotopic (exact) mass is 255 g/mol. The summed E-state index contributed by atoms with van der Waals surface area (Å²) >= 11 is 0. The zero-order valence-electron chi connectivity index (χ0n) is 12.5. The minimum atomic E-state index is 0.486. The first-order valence-electron chi connectivity index (χ1n) is 6.92. The summed E-state index contributed by atoms with van der Waals surface area (Å²) in [6.45, 7) is 10.8. The van der Waals surface area contributed by atoms with Gasteiger partial charge in [0.2, 0.25) is 0 Å². The van der Waals surface area contributed by atoms with Crippen LogP contribution in [0.3, 0.4) is 0 Å². The van der Waals surface area contributed by atoms with Crippen LogP contribution < -0.4 is 5.32 Å². The largest absolute Gasteiger partial charge is 0.394 e. The second kappa shape index (κ2) is 7.63. The Hall–Kier alpha value is -1.76. The maximum Gasteiger partial charge on any atom is 0.00278 e. The highest BCUT2D eigenvalue weighted by molar-refractivity contribution is 5.73. The summed E-state index contributed by atoms with van der Waals surface area (Å²) in [6, 6.07) is 10.3. The number of benzene rings is 1. The van der Waals surface area contributed by atoms with Crippen LogP contribution in [0.1, 0.15) is 32.8 Å². The average molecular weight is 255 g/mol. The number of hydrogen-bond acceptors (Lipinski definition) is 1. The van der Waals surface area contributed by atoms with E-state index >= 15 is 0 Å². The van der Waals surface area contributed by atoms with Crippen molar-refractivity contribution in [2.75, 3.05) is 7.05 Å². The lowest BCUT2D eigenvalue weighted by molar-refractivity contribution is 0.763. The molecule has 0 atom stereocenters. The van der Waals surface area contributed by atoms with E-state index < -0.39 is 0 Å². The van der Waals surface area contributed by atoms with E-state index in [1.165, 1.54) is 16.7 Å². The van der Waals surface area contributed by atoms with Crippen LogP contribution in [0.4, 0.5) is 0 Å². The van der Waals surface area contributed by atoms with Crippen molar-refractivity contribution < 1.29 is 0 Å². The minimum absolute atomic E-state index is 0.486. The second-order valence-electron chi connectivity index (χ2n) is 4.96. The Labute approximate surface area is 117 Å². The fourth-order valence-corrected chi connectivity index (χ4v) is 2.12. The topological polar surface area (TPSA) is 12.0 Å². The molecule has 1 nitrogen and oxygen atoms in total. The van der Waals surface area contributed by atoms with Gasteiger partial charge in [-0.15, -0.1) is 0 Å². The van der Waals surface area contributed by atoms with Gasteiger partial charge in [-0.25, -0.2) is 0 Å². The molecular weight excluding hydrogens is 230 g/mol. The first-order chi connectivity index (χ1) is 9.10. The summed E-state index contributed by atoms with van der Waals surface area (Å²) in [5, 5.41) is 3.13. The van der Waals surface area contributed by atoms with Crippen LogP contribution in [-0.2, 0) is 0 Å². The molecule has 1 N–H and O–H groups in total. The molecule has 1 aromatic rings. The Morgan fingerprint density at radius 3 is 2.37 bits per heavy atom. The van der Waals surface area contributed by atoms with Gasteiger partial charge in [-0.2, -0.15) is 0 Å². The van der Waals surface area contributed by atoms with E-state index in [9.17, 15) is 0 Å². The van der Waals surface area contributed by atoms with E-state index in [-0.39, 0.29) is 0 Å². The standard InChI is InChI=1S/C18H25N/c1-6-16(13-19-5)18(14(2)3)12-15(4)17-10-8-7-9-11-17/h7-14,19H,4,6H2,1-3,5H3/b16-13-,18-12-. The third kappa shape index (κ3) is 4.44. The van der Waals surface area contributed by atoms with Crippen LogP contribution >= 0.6 is 0 Å². The van der Waals surface area contributed by atoms with E-state index in [1.54, 1.807) is 0 Å². The maximum atomic E-state index is 4.20. The first kappa shape index (κ1) is 15.3. The molecule has 1 heteroatoms. The Kier molecular flexibility index (Phi) is 6.14. The van der Waals surface area contributed by atoms with Gasteiger partial charge in [0.15, 0.2) is 0 Å². The van der Waals surface area contributed by atoms with Crippen molar-refractivity contribution in [3.05, 3.63) is 65.9 Å². The van der Waals surface area contributed by atoms with E-state index in [4.69, 9.17) is 0 Å².